The van der Waals surface area contributed by atoms with Crippen LogP contribution in [0.5, 0.6) is 0 Å². The Morgan fingerprint density at radius 2 is 1.93 bits per heavy atom. The summed E-state index contributed by atoms with van der Waals surface area (Å²) in [4.78, 5) is 15.5. The van der Waals surface area contributed by atoms with E-state index in [2.05, 4.69) is 4.84 Å². The fourth-order valence-electron chi connectivity index (χ4n) is 0.818. The molecule has 0 aliphatic rings. The SMILES string of the molecule is O=C(NOCS(=O)(=O)O)c1ccccc1. The van der Waals surface area contributed by atoms with Crippen molar-refractivity contribution in [1.82, 2.24) is 5.48 Å². The highest BCUT2D eigenvalue weighted by Gasteiger charge is 2.08. The number of nitrogens with one attached hydrogen (secondary N) is 1. The molecule has 0 radical (unpaired) electrons. The Hall–Kier alpha value is -1.44. The topological polar surface area (TPSA) is 92.7 Å². The maximum Gasteiger partial charge on any atom is 0.292 e. The van der Waals surface area contributed by atoms with E-state index >= 15 is 0 Å². The van der Waals surface area contributed by atoms with Crippen LogP contribution in [-0.2, 0) is 15.0 Å². The fourth-order valence-corrected chi connectivity index (χ4v) is 1.03. The van der Waals surface area contributed by atoms with Crippen LogP contribution in [0.15, 0.2) is 30.3 Å². The molecular weight excluding hydrogens is 222 g/mol. The van der Waals surface area contributed by atoms with E-state index in [0.717, 1.165) is 0 Å². The molecule has 0 aliphatic heterocycles. The first-order valence-electron chi connectivity index (χ1n) is 3.91. The normalized spacial score (nSPS) is 11.0. The summed E-state index contributed by atoms with van der Waals surface area (Å²) in [7, 11) is -4.24. The summed E-state index contributed by atoms with van der Waals surface area (Å²) in [5.41, 5.74) is 2.20. The van der Waals surface area contributed by atoms with E-state index in [4.69, 9.17) is 4.55 Å². The Kier molecular flexibility index (Phi) is 3.78. The third kappa shape index (κ3) is 4.54. The van der Waals surface area contributed by atoms with Gasteiger partial charge in [0.25, 0.3) is 16.0 Å². The van der Waals surface area contributed by atoms with Crippen molar-refractivity contribution in [3.05, 3.63) is 35.9 Å². The second kappa shape index (κ2) is 4.87. The third-order valence-corrected chi connectivity index (χ3v) is 1.82. The van der Waals surface area contributed by atoms with Gasteiger partial charge in [-0.3, -0.25) is 14.2 Å². The molecule has 1 aromatic rings. The summed E-state index contributed by atoms with van der Waals surface area (Å²) < 4.78 is 28.8. The molecule has 0 saturated heterocycles. The van der Waals surface area contributed by atoms with Crippen LogP contribution in [0, 0.1) is 0 Å². The second-order valence-electron chi connectivity index (χ2n) is 2.64. The Bertz CT molecular complexity index is 428. The molecular formula is C8H9NO5S. The molecule has 0 aromatic heterocycles. The van der Waals surface area contributed by atoms with Gasteiger partial charge in [-0.05, 0) is 12.1 Å². The maximum absolute atomic E-state index is 11.2. The van der Waals surface area contributed by atoms with Gasteiger partial charge in [-0.25, -0.2) is 5.48 Å². The molecule has 0 bridgehead atoms. The molecule has 0 saturated carbocycles. The van der Waals surface area contributed by atoms with Gasteiger partial charge in [-0.2, -0.15) is 8.42 Å². The first-order chi connectivity index (χ1) is 6.99. The summed E-state index contributed by atoms with van der Waals surface area (Å²) in [5, 5.41) is 0. The predicted octanol–water partition coefficient (Wildman–Crippen LogP) is 0.193. The van der Waals surface area contributed by atoms with Crippen molar-refractivity contribution < 1.29 is 22.6 Å². The molecule has 0 heterocycles. The molecule has 0 atom stereocenters. The first-order valence-corrected chi connectivity index (χ1v) is 5.52. The highest BCUT2D eigenvalue weighted by Crippen LogP contribution is 1.97. The molecule has 82 valence electrons. The van der Waals surface area contributed by atoms with E-state index < -0.39 is 22.0 Å². The average molecular weight is 231 g/mol. The van der Waals surface area contributed by atoms with Gasteiger partial charge in [0.05, 0.1) is 0 Å². The highest BCUT2D eigenvalue weighted by molar-refractivity contribution is 7.85. The van der Waals surface area contributed by atoms with E-state index in [1.807, 2.05) is 5.48 Å². The van der Waals surface area contributed by atoms with Crippen molar-refractivity contribution in [1.29, 1.82) is 0 Å². The third-order valence-electron chi connectivity index (χ3n) is 1.41. The van der Waals surface area contributed by atoms with Crippen LogP contribution in [0.3, 0.4) is 0 Å². The Labute approximate surface area is 86.6 Å². The smallest absolute Gasteiger partial charge is 0.284 e. The minimum Gasteiger partial charge on any atom is -0.284 e. The zero-order valence-corrected chi connectivity index (χ0v) is 8.40. The molecule has 7 heteroatoms. The van der Waals surface area contributed by atoms with Gasteiger partial charge < -0.3 is 0 Å². The van der Waals surface area contributed by atoms with Gasteiger partial charge in [0.15, 0.2) is 0 Å². The number of amides is 1. The van der Waals surface area contributed by atoms with Gasteiger partial charge >= 0.3 is 0 Å². The van der Waals surface area contributed by atoms with Gasteiger partial charge in [0.2, 0.25) is 5.94 Å². The lowest BCUT2D eigenvalue weighted by Crippen LogP contribution is -2.26. The number of hydroxylamine groups is 1. The van der Waals surface area contributed by atoms with E-state index in [0.29, 0.717) is 5.56 Å². The van der Waals surface area contributed by atoms with Gasteiger partial charge in [-0.1, -0.05) is 18.2 Å². The summed E-state index contributed by atoms with van der Waals surface area (Å²) in [6, 6.07) is 8.10. The van der Waals surface area contributed by atoms with Crippen LogP contribution in [0.1, 0.15) is 10.4 Å². The van der Waals surface area contributed by atoms with Crippen molar-refractivity contribution >= 4 is 16.0 Å². The summed E-state index contributed by atoms with van der Waals surface area (Å²) in [6.07, 6.45) is 0. The lowest BCUT2D eigenvalue weighted by molar-refractivity contribution is 0.0463. The number of hydrogen-bond acceptors (Lipinski definition) is 4. The summed E-state index contributed by atoms with van der Waals surface area (Å²) in [5.74, 6) is -1.56. The summed E-state index contributed by atoms with van der Waals surface area (Å²) >= 11 is 0. The second-order valence-corrected chi connectivity index (χ2v) is 4.04. The van der Waals surface area contributed by atoms with E-state index in [1.165, 1.54) is 12.1 Å². The molecule has 1 rings (SSSR count). The Morgan fingerprint density at radius 3 is 2.47 bits per heavy atom. The molecule has 0 aliphatic carbocycles. The van der Waals surface area contributed by atoms with Gasteiger partial charge in [-0.15, -0.1) is 0 Å². The van der Waals surface area contributed by atoms with Gasteiger partial charge in [0.1, 0.15) is 0 Å². The summed E-state index contributed by atoms with van der Waals surface area (Å²) in [6.45, 7) is 0. The maximum atomic E-state index is 11.2. The van der Waals surface area contributed by atoms with Crippen LogP contribution in [0.2, 0.25) is 0 Å². The van der Waals surface area contributed by atoms with Crippen molar-refractivity contribution in [2.45, 2.75) is 0 Å². The molecule has 0 fully saturated rings. The largest absolute Gasteiger partial charge is 0.292 e. The van der Waals surface area contributed by atoms with Crippen molar-refractivity contribution in [2.75, 3.05) is 5.94 Å². The average Bonchev–Trinajstić information content (AvgIpc) is 2.17. The van der Waals surface area contributed by atoms with Crippen molar-refractivity contribution in [3.63, 3.8) is 0 Å². The fraction of sp³-hybridized carbons (Fsp3) is 0.125. The minimum atomic E-state index is -4.24. The number of benzene rings is 1. The number of carbonyl (C=O) groups is 1. The van der Waals surface area contributed by atoms with Crippen LogP contribution in [-0.4, -0.2) is 24.8 Å². The number of rotatable bonds is 4. The minimum absolute atomic E-state index is 0.327. The molecule has 1 aromatic carbocycles. The van der Waals surface area contributed by atoms with E-state index in [-0.39, 0.29) is 0 Å². The first kappa shape index (κ1) is 11.6. The van der Waals surface area contributed by atoms with Crippen LogP contribution in [0.4, 0.5) is 0 Å². The Balaban J connectivity index is 2.45. The Morgan fingerprint density at radius 1 is 1.33 bits per heavy atom. The van der Waals surface area contributed by atoms with Crippen LogP contribution < -0.4 is 5.48 Å². The molecule has 1 amide bonds. The number of carbonyl (C=O) groups excluding carboxylic acids is 1. The predicted molar refractivity (Wildman–Crippen MR) is 51.4 cm³/mol. The molecule has 2 N–H and O–H groups in total. The van der Waals surface area contributed by atoms with Gasteiger partial charge in [0, 0.05) is 5.56 Å². The molecule has 15 heavy (non-hydrogen) atoms. The standard InChI is InChI=1S/C8H9NO5S/c10-8(7-4-2-1-3-5-7)9-14-6-15(11,12)13/h1-5H,6H2,(H,9,10)(H,11,12,13). The monoisotopic (exact) mass is 231 g/mol. The molecule has 0 unspecified atom stereocenters. The van der Waals surface area contributed by atoms with Crippen LogP contribution >= 0.6 is 0 Å². The lowest BCUT2D eigenvalue weighted by atomic mass is 10.2. The van der Waals surface area contributed by atoms with Crippen molar-refractivity contribution in [2.24, 2.45) is 0 Å². The lowest BCUT2D eigenvalue weighted by Gasteiger charge is -2.03. The quantitative estimate of drug-likeness (QED) is 0.570. The van der Waals surface area contributed by atoms with Crippen LogP contribution in [0.25, 0.3) is 0 Å². The molecule has 0 spiro atoms. The van der Waals surface area contributed by atoms with E-state index in [1.54, 1.807) is 18.2 Å². The number of hydrogen-bond donors (Lipinski definition) is 2. The van der Waals surface area contributed by atoms with Crippen molar-refractivity contribution in [3.8, 4) is 0 Å². The zero-order chi connectivity index (χ0) is 11.3. The molecule has 6 nitrogen and oxygen atoms in total. The zero-order valence-electron chi connectivity index (χ0n) is 7.58. The van der Waals surface area contributed by atoms with E-state index in [9.17, 15) is 13.2 Å². The highest BCUT2D eigenvalue weighted by atomic mass is 32.2.